The average molecular weight is 1330 g/mol. The van der Waals surface area contributed by atoms with Crippen molar-refractivity contribution >= 4 is 76.9 Å². The number of likely N-dealkylation sites (N-methyl/N-ethyl adjacent to an activating group) is 7. The van der Waals surface area contributed by atoms with Crippen LogP contribution in [0.15, 0.2) is 12.2 Å². The number of esters is 2. The first-order valence-electron chi connectivity index (χ1n) is 33.5. The van der Waals surface area contributed by atoms with E-state index in [1.165, 1.54) is 87.7 Å². The summed E-state index contributed by atoms with van der Waals surface area (Å²) >= 11 is 0. The molecule has 1 fully saturated rings. The molecule has 1 aliphatic heterocycles. The van der Waals surface area contributed by atoms with Gasteiger partial charge in [-0.3, -0.25) is 62.3 Å². The average Bonchev–Trinajstić information content (AvgIpc) is 0.804. The van der Waals surface area contributed by atoms with Gasteiger partial charge in [0, 0.05) is 62.7 Å². The molecule has 26 heteroatoms. The van der Waals surface area contributed by atoms with E-state index in [9.17, 15) is 43.2 Å². The molecule has 1 heterocycles. The van der Waals surface area contributed by atoms with Crippen LogP contribution in [0.3, 0.4) is 0 Å². The van der Waals surface area contributed by atoms with Gasteiger partial charge < -0.3 is 65.0 Å². The Morgan fingerprint density at radius 3 is 1.40 bits per heavy atom. The van der Waals surface area contributed by atoms with E-state index in [1.807, 2.05) is 55.4 Å². The summed E-state index contributed by atoms with van der Waals surface area (Å²) < 4.78 is 11.0. The second-order valence-corrected chi connectivity index (χ2v) is 27.9. The van der Waals surface area contributed by atoms with Crippen molar-refractivity contribution in [1.29, 1.82) is 0 Å². The van der Waals surface area contributed by atoms with Crippen molar-refractivity contribution in [2.24, 2.45) is 41.4 Å². The summed E-state index contributed by atoms with van der Waals surface area (Å²) in [5.74, 6) is -11.6. The van der Waals surface area contributed by atoms with Crippen molar-refractivity contribution in [2.45, 2.75) is 243 Å². The Kier molecular flexibility index (Phi) is 35.8. The minimum atomic E-state index is -1.69. The number of carbonyl (C=O) groups is 13. The molecule has 536 valence electrons. The quantitative estimate of drug-likeness (QED) is 0.0983. The number of hydrogen-bond acceptors (Lipinski definition) is 15. The lowest BCUT2D eigenvalue weighted by atomic mass is 9.91. The lowest BCUT2D eigenvalue weighted by Gasteiger charge is -2.42. The Hall–Kier alpha value is -7.15. The molecule has 2 unspecified atom stereocenters. The second-order valence-electron chi connectivity index (χ2n) is 27.9. The Balaban J connectivity index is 4.48. The van der Waals surface area contributed by atoms with Crippen LogP contribution in [0.1, 0.15) is 176 Å². The minimum Gasteiger partial charge on any atom is -0.466 e. The fourth-order valence-corrected chi connectivity index (χ4v) is 11.5. The van der Waals surface area contributed by atoms with Gasteiger partial charge in [0.15, 0.2) is 0 Å². The minimum absolute atomic E-state index is 0.0399. The molecule has 0 aromatic heterocycles. The van der Waals surface area contributed by atoms with Crippen molar-refractivity contribution in [3.63, 3.8) is 0 Å². The summed E-state index contributed by atoms with van der Waals surface area (Å²) in [6.07, 6.45) is 3.09. The number of allylic oxidation sites excluding steroid dienone is 2. The maximum absolute atomic E-state index is 15.5. The molecule has 11 amide bonds. The van der Waals surface area contributed by atoms with Crippen molar-refractivity contribution in [1.82, 2.24) is 55.6 Å². The third kappa shape index (κ3) is 25.2. The van der Waals surface area contributed by atoms with Crippen LogP contribution in [-0.4, -0.2) is 240 Å². The molecular formula is C68H119N11O15. The molecule has 12 atom stereocenters. The van der Waals surface area contributed by atoms with Gasteiger partial charge in [0.05, 0.1) is 13.2 Å². The molecule has 0 saturated carbocycles. The van der Waals surface area contributed by atoms with Crippen LogP contribution in [0, 0.1) is 41.4 Å². The predicted octanol–water partition coefficient (Wildman–Crippen LogP) is 4.16. The summed E-state index contributed by atoms with van der Waals surface area (Å²) in [5, 5.41) is 11.0. The van der Waals surface area contributed by atoms with E-state index >= 15 is 19.2 Å². The fourth-order valence-electron chi connectivity index (χ4n) is 11.5. The van der Waals surface area contributed by atoms with Crippen molar-refractivity contribution < 1.29 is 71.8 Å². The smallest absolute Gasteiger partial charge is 0.306 e. The molecule has 0 spiro atoms. The van der Waals surface area contributed by atoms with Crippen molar-refractivity contribution in [3.8, 4) is 0 Å². The highest BCUT2D eigenvalue weighted by Crippen LogP contribution is 2.27. The number of amides is 11. The molecule has 94 heavy (non-hydrogen) atoms. The zero-order chi connectivity index (χ0) is 72.7. The van der Waals surface area contributed by atoms with Crippen LogP contribution in [0.25, 0.3) is 0 Å². The highest BCUT2D eigenvalue weighted by molar-refractivity contribution is 5.99. The summed E-state index contributed by atoms with van der Waals surface area (Å²) in [7, 11) is 9.78. The van der Waals surface area contributed by atoms with Gasteiger partial charge in [0.1, 0.15) is 66.5 Å². The summed E-state index contributed by atoms with van der Waals surface area (Å²) in [5.41, 5.74) is 0. The van der Waals surface area contributed by atoms with Crippen LogP contribution in [0.4, 0.5) is 0 Å². The highest BCUT2D eigenvalue weighted by atomic mass is 16.5. The number of nitrogens with zero attached hydrogens (tertiary/aromatic N) is 7. The van der Waals surface area contributed by atoms with Gasteiger partial charge in [-0.1, -0.05) is 109 Å². The Bertz CT molecular complexity index is 2630. The SMILES string of the molecule is CCOC(=O)CC/C=C/C[C@@H](C)[C@@H](OC(C)=O)C1C(=O)N[C@@H](CC)C(=O)N(C)CC(=O)N(C)C(CC(C)C)C(=O)N[C@@H](C(C)C)C(=O)N(C)[C@H](CC(C)C)C(=O)N[C@@H](C)C(=O)N[C@H](C)C(=O)N(C)[C@H](CC(C)C)C(=O)N(C)[C@H](CC(C)C)C(=O)N(C)[C@@H](C(C)C)C(=O)N1C. The first kappa shape index (κ1) is 84.9. The Morgan fingerprint density at radius 1 is 0.489 bits per heavy atom. The molecule has 1 saturated heterocycles. The summed E-state index contributed by atoms with van der Waals surface area (Å²) in [4.78, 5) is 196. The van der Waals surface area contributed by atoms with E-state index in [4.69, 9.17) is 9.47 Å². The van der Waals surface area contributed by atoms with Gasteiger partial charge in [-0.25, -0.2) is 0 Å². The largest absolute Gasteiger partial charge is 0.466 e. The Morgan fingerprint density at radius 2 is 0.936 bits per heavy atom. The molecule has 1 aliphatic rings. The molecular weight excluding hydrogens is 1210 g/mol. The van der Waals surface area contributed by atoms with Gasteiger partial charge in [-0.05, 0) is 107 Å². The molecule has 0 aromatic carbocycles. The number of nitrogens with one attached hydrogen (secondary N) is 4. The highest BCUT2D eigenvalue weighted by Gasteiger charge is 2.47. The zero-order valence-corrected chi connectivity index (χ0v) is 61.4. The first-order chi connectivity index (χ1) is 43.5. The lowest BCUT2D eigenvalue weighted by Crippen LogP contribution is -2.64. The molecule has 4 N–H and O–H groups in total. The normalized spacial score (nSPS) is 25.3. The van der Waals surface area contributed by atoms with E-state index < -0.39 is 168 Å². The third-order valence-electron chi connectivity index (χ3n) is 17.1. The van der Waals surface area contributed by atoms with E-state index in [0.717, 1.165) is 16.7 Å². The van der Waals surface area contributed by atoms with Gasteiger partial charge in [-0.15, -0.1) is 0 Å². The Labute approximate surface area is 560 Å². The number of hydrogen-bond donors (Lipinski definition) is 4. The van der Waals surface area contributed by atoms with Gasteiger partial charge >= 0.3 is 11.9 Å². The van der Waals surface area contributed by atoms with E-state index in [-0.39, 0.29) is 75.2 Å². The van der Waals surface area contributed by atoms with E-state index in [2.05, 4.69) is 21.3 Å². The number of carbonyl (C=O) groups excluding carboxylic acids is 13. The molecule has 1 rings (SSSR count). The summed E-state index contributed by atoms with van der Waals surface area (Å²) in [6.45, 7) is 30.3. The van der Waals surface area contributed by atoms with Crippen LogP contribution in [0.2, 0.25) is 0 Å². The van der Waals surface area contributed by atoms with Crippen LogP contribution in [-0.2, 0) is 71.8 Å². The van der Waals surface area contributed by atoms with E-state index in [1.54, 1.807) is 60.6 Å². The molecule has 0 bridgehead atoms. The molecule has 0 aliphatic carbocycles. The van der Waals surface area contributed by atoms with Crippen molar-refractivity contribution in [3.05, 3.63) is 12.2 Å². The van der Waals surface area contributed by atoms with Crippen molar-refractivity contribution in [2.75, 3.05) is 62.5 Å². The number of rotatable bonds is 20. The predicted molar refractivity (Wildman–Crippen MR) is 358 cm³/mol. The van der Waals surface area contributed by atoms with E-state index in [0.29, 0.717) is 6.42 Å². The fraction of sp³-hybridized carbons (Fsp3) is 0.779. The molecule has 0 aromatic rings. The molecule has 26 nitrogen and oxygen atoms in total. The monoisotopic (exact) mass is 1330 g/mol. The standard InChI is InChI=1S/C68H119N11O15/c1-26-48-64(88)73(19)37-53(81)74(20)49(33-38(3)4)61(85)72-55(42(11)12)67(91)75(21)50(34-39(5)6)60(84)69-45(16)59(83)70-46(17)63(87)76(22)51(35-40(7)8)65(89)77(23)52(36-41(9)10)66(90)78(24)56(43(13)14)68(92)79(25)57(62(86)71-48)58(94-47(18)80)44(15)31-29-28-30-32-54(82)93-27-2/h28-29,38-46,48-52,55-58H,26-27,30-37H2,1-25H3,(H,69,84)(H,70,83)(H,71,86)(H,72,85)/b29-28+/t44-,45+,46-,48+,49?,50-,51-,52-,55+,56+,57?,58-/m1/s1. The maximum atomic E-state index is 15.5. The molecule has 0 radical (unpaired) electrons. The topological polar surface area (TPSA) is 311 Å². The third-order valence-corrected chi connectivity index (χ3v) is 17.1. The van der Waals surface area contributed by atoms with Crippen LogP contribution >= 0.6 is 0 Å². The van der Waals surface area contributed by atoms with Crippen LogP contribution in [0.5, 0.6) is 0 Å². The zero-order valence-electron chi connectivity index (χ0n) is 61.4. The van der Waals surface area contributed by atoms with Gasteiger partial charge in [0.25, 0.3) is 0 Å². The van der Waals surface area contributed by atoms with Gasteiger partial charge in [0.2, 0.25) is 65.0 Å². The lowest BCUT2D eigenvalue weighted by molar-refractivity contribution is -0.164. The number of ether oxygens (including phenoxy) is 2. The summed E-state index contributed by atoms with van der Waals surface area (Å²) in [6, 6.07) is -12.8. The van der Waals surface area contributed by atoms with Crippen LogP contribution < -0.4 is 21.3 Å². The second kappa shape index (κ2) is 39.7. The van der Waals surface area contributed by atoms with Gasteiger partial charge in [-0.2, -0.15) is 0 Å². The first-order valence-corrected chi connectivity index (χ1v) is 33.5. The maximum Gasteiger partial charge on any atom is 0.306 e.